The highest BCUT2D eigenvalue weighted by Gasteiger charge is 2.42. The molecule has 0 saturated carbocycles. The summed E-state index contributed by atoms with van der Waals surface area (Å²) in [5.41, 5.74) is -0.00768. The minimum Gasteiger partial charge on any atom is -0.469 e. The monoisotopic (exact) mass is 306 g/mol. The summed E-state index contributed by atoms with van der Waals surface area (Å²) in [6.45, 7) is 0. The van der Waals surface area contributed by atoms with E-state index in [0.717, 1.165) is 0 Å². The van der Waals surface area contributed by atoms with E-state index in [0.29, 0.717) is 16.7 Å². The number of fused-ring (bicyclic) bond motifs is 3. The van der Waals surface area contributed by atoms with Crippen molar-refractivity contribution in [3.8, 4) is 11.8 Å². The van der Waals surface area contributed by atoms with Gasteiger partial charge in [0.15, 0.2) is 5.75 Å². The maximum Gasteiger partial charge on any atom is 0.344 e. The molecule has 0 aliphatic carbocycles. The molecule has 2 atom stereocenters. The van der Waals surface area contributed by atoms with Gasteiger partial charge in [0.2, 0.25) is 5.90 Å². The van der Waals surface area contributed by atoms with E-state index in [1.165, 1.54) is 6.26 Å². The Kier molecular flexibility index (Phi) is 2.81. The van der Waals surface area contributed by atoms with Gasteiger partial charge in [-0.05, 0) is 24.3 Å². The van der Waals surface area contributed by atoms with E-state index in [4.69, 9.17) is 19.0 Å². The molecule has 23 heavy (non-hydrogen) atoms. The van der Waals surface area contributed by atoms with E-state index < -0.39 is 17.5 Å². The number of para-hydroxylation sites is 1. The Labute approximate surface area is 130 Å². The molecule has 1 N–H and O–H groups in total. The first-order chi connectivity index (χ1) is 11.2. The van der Waals surface area contributed by atoms with Gasteiger partial charge in [-0.25, -0.2) is 4.79 Å². The Balaban J connectivity index is 2.09. The van der Waals surface area contributed by atoms with Crippen LogP contribution in [0.4, 0.5) is 0 Å². The van der Waals surface area contributed by atoms with Crippen LogP contribution in [0.1, 0.15) is 17.2 Å². The van der Waals surface area contributed by atoms with Gasteiger partial charge in [-0.15, -0.1) is 0 Å². The molecule has 3 heterocycles. The van der Waals surface area contributed by atoms with Crippen molar-refractivity contribution in [2.45, 2.75) is 5.92 Å². The van der Waals surface area contributed by atoms with Crippen LogP contribution in [0.2, 0.25) is 0 Å². The van der Waals surface area contributed by atoms with Crippen LogP contribution in [0.25, 0.3) is 11.0 Å². The Morgan fingerprint density at radius 3 is 2.74 bits per heavy atom. The van der Waals surface area contributed by atoms with Crippen LogP contribution in [-0.2, 0) is 0 Å². The fraction of sp³-hybridized carbons (Fsp3) is 0.118. The zero-order valence-electron chi connectivity index (χ0n) is 11.8. The van der Waals surface area contributed by atoms with Gasteiger partial charge in [-0.3, -0.25) is 5.41 Å². The molecule has 6 heteroatoms. The first kappa shape index (κ1) is 13.3. The number of nitriles is 1. The standard InChI is InChI=1S/C17H10N2O4/c18-8-10-13(12-6-3-7-21-12)14-15(23-16(10)19)9-4-1-2-5-11(9)22-17(14)20/h1-7,10,13,19H/t10-,13-/m0/s1. The van der Waals surface area contributed by atoms with E-state index >= 15 is 0 Å². The Bertz CT molecular complexity index is 1010. The van der Waals surface area contributed by atoms with Crippen LogP contribution < -0.4 is 10.4 Å². The van der Waals surface area contributed by atoms with Crippen molar-refractivity contribution in [1.82, 2.24) is 0 Å². The van der Waals surface area contributed by atoms with E-state index in [2.05, 4.69) is 0 Å². The number of furan rings is 1. The lowest BCUT2D eigenvalue weighted by Gasteiger charge is -2.28. The molecule has 1 aliphatic rings. The molecule has 0 fully saturated rings. The van der Waals surface area contributed by atoms with Gasteiger partial charge in [-0.1, -0.05) is 12.1 Å². The number of hydrogen-bond donors (Lipinski definition) is 1. The van der Waals surface area contributed by atoms with Crippen LogP contribution in [0.5, 0.6) is 5.75 Å². The maximum absolute atomic E-state index is 12.5. The first-order valence-corrected chi connectivity index (χ1v) is 6.95. The summed E-state index contributed by atoms with van der Waals surface area (Å²) >= 11 is 0. The molecule has 112 valence electrons. The van der Waals surface area contributed by atoms with Gasteiger partial charge in [-0.2, -0.15) is 5.26 Å². The van der Waals surface area contributed by atoms with Gasteiger partial charge in [0.1, 0.15) is 17.3 Å². The summed E-state index contributed by atoms with van der Waals surface area (Å²) in [7, 11) is 0. The quantitative estimate of drug-likeness (QED) is 0.696. The molecule has 4 rings (SSSR count). The molecule has 0 bridgehead atoms. The molecule has 2 aromatic heterocycles. The van der Waals surface area contributed by atoms with Crippen LogP contribution in [-0.4, -0.2) is 5.90 Å². The lowest BCUT2D eigenvalue weighted by Crippen LogP contribution is -2.34. The highest BCUT2D eigenvalue weighted by Crippen LogP contribution is 2.43. The Hall–Kier alpha value is -3.33. The minimum atomic E-state index is -0.947. The lowest BCUT2D eigenvalue weighted by atomic mass is 9.82. The number of nitrogens with zero attached hydrogens (tertiary/aromatic N) is 1. The molecule has 1 aliphatic heterocycles. The van der Waals surface area contributed by atoms with Gasteiger partial charge >= 0.3 is 5.63 Å². The molecule has 0 radical (unpaired) electrons. The van der Waals surface area contributed by atoms with Gasteiger partial charge < -0.3 is 13.6 Å². The normalized spacial score (nSPS) is 19.9. The summed E-state index contributed by atoms with van der Waals surface area (Å²) in [6, 6.07) is 12.3. The van der Waals surface area contributed by atoms with Crippen LogP contribution in [0, 0.1) is 22.7 Å². The summed E-state index contributed by atoms with van der Waals surface area (Å²) in [4.78, 5) is 12.5. The first-order valence-electron chi connectivity index (χ1n) is 6.95. The predicted octanol–water partition coefficient (Wildman–Crippen LogP) is 3.03. The molecule has 6 nitrogen and oxygen atoms in total. The van der Waals surface area contributed by atoms with Crippen molar-refractivity contribution in [3.63, 3.8) is 0 Å². The second-order valence-electron chi connectivity index (χ2n) is 5.19. The number of nitrogens with one attached hydrogen (secondary N) is 1. The molecule has 0 unspecified atom stereocenters. The van der Waals surface area contributed by atoms with E-state index in [-0.39, 0.29) is 17.2 Å². The number of rotatable bonds is 1. The lowest BCUT2D eigenvalue weighted by molar-refractivity contribution is 0.393. The van der Waals surface area contributed by atoms with Crippen LogP contribution >= 0.6 is 0 Å². The zero-order chi connectivity index (χ0) is 16.0. The van der Waals surface area contributed by atoms with Crippen molar-refractivity contribution in [2.75, 3.05) is 0 Å². The Morgan fingerprint density at radius 2 is 2.00 bits per heavy atom. The zero-order valence-corrected chi connectivity index (χ0v) is 11.8. The fourth-order valence-corrected chi connectivity index (χ4v) is 2.91. The third-order valence-electron chi connectivity index (χ3n) is 3.93. The second-order valence-corrected chi connectivity index (χ2v) is 5.19. The maximum atomic E-state index is 12.5. The second kappa shape index (κ2) is 4.85. The fourth-order valence-electron chi connectivity index (χ4n) is 2.91. The minimum absolute atomic E-state index is 0.209. The van der Waals surface area contributed by atoms with Crippen molar-refractivity contribution >= 4 is 16.9 Å². The topological polar surface area (TPSA) is 100 Å². The molecular formula is C17H10N2O4. The molecule has 1 aromatic carbocycles. The predicted molar refractivity (Wildman–Crippen MR) is 80.5 cm³/mol. The van der Waals surface area contributed by atoms with Gasteiger partial charge in [0, 0.05) is 0 Å². The van der Waals surface area contributed by atoms with Crippen LogP contribution in [0.3, 0.4) is 0 Å². The average molecular weight is 306 g/mol. The summed E-state index contributed by atoms with van der Waals surface area (Å²) in [5, 5.41) is 18.0. The number of benzene rings is 1. The van der Waals surface area contributed by atoms with E-state index in [9.17, 15) is 10.1 Å². The molecule has 3 aromatic rings. The average Bonchev–Trinajstić information content (AvgIpc) is 3.08. The summed E-state index contributed by atoms with van der Waals surface area (Å²) in [5.74, 6) is -1.20. The summed E-state index contributed by atoms with van der Waals surface area (Å²) in [6.07, 6.45) is 1.46. The van der Waals surface area contributed by atoms with Crippen molar-refractivity contribution in [2.24, 2.45) is 5.92 Å². The molecule has 0 saturated heterocycles. The molecular weight excluding hydrogens is 296 g/mol. The van der Waals surface area contributed by atoms with Crippen molar-refractivity contribution in [3.05, 3.63) is 64.4 Å². The SMILES string of the molecule is N#C[C@@H]1C(=N)Oc2c(c(=O)oc3ccccc23)[C@@H]1c1ccco1. The van der Waals surface area contributed by atoms with Crippen LogP contribution in [0.15, 0.2) is 56.3 Å². The van der Waals surface area contributed by atoms with Crippen molar-refractivity contribution < 1.29 is 13.6 Å². The molecule has 0 spiro atoms. The summed E-state index contributed by atoms with van der Waals surface area (Å²) < 4.78 is 16.3. The highest BCUT2D eigenvalue weighted by atomic mass is 16.5. The van der Waals surface area contributed by atoms with E-state index in [1.54, 1.807) is 36.4 Å². The highest BCUT2D eigenvalue weighted by molar-refractivity contribution is 5.92. The third-order valence-corrected chi connectivity index (χ3v) is 3.93. The van der Waals surface area contributed by atoms with E-state index in [1.807, 2.05) is 6.07 Å². The largest absolute Gasteiger partial charge is 0.469 e. The number of ether oxygens (including phenoxy) is 1. The molecule has 0 amide bonds. The number of hydrogen-bond acceptors (Lipinski definition) is 6. The Morgan fingerprint density at radius 1 is 1.17 bits per heavy atom. The van der Waals surface area contributed by atoms with Crippen molar-refractivity contribution in [1.29, 1.82) is 10.7 Å². The smallest absolute Gasteiger partial charge is 0.344 e. The van der Waals surface area contributed by atoms with Gasteiger partial charge in [0.05, 0.1) is 29.2 Å². The third kappa shape index (κ3) is 1.87. The van der Waals surface area contributed by atoms with Gasteiger partial charge in [0.25, 0.3) is 0 Å².